The van der Waals surface area contributed by atoms with Crippen molar-refractivity contribution < 1.29 is 4.74 Å². The minimum Gasteiger partial charge on any atom is -0.378 e. The van der Waals surface area contributed by atoms with E-state index in [1.165, 1.54) is 70.8 Å². The molecule has 28 heavy (non-hydrogen) atoms. The van der Waals surface area contributed by atoms with Crippen molar-refractivity contribution in [2.45, 2.75) is 96.1 Å². The van der Waals surface area contributed by atoms with Gasteiger partial charge in [0.25, 0.3) is 0 Å². The molecule has 0 aromatic heterocycles. The standard InChI is InChI=1S/C26H41NO/c1-3-5-6-13-22(11-4-2)26(23-14-8-9-15-23)20-27(24-18-28-19-24)17-21-12-7-10-16-25(21)26/h7,10,12,16,22-24H,3-6,8-9,11,13-15,17-20H2,1-2H3. The molecule has 1 saturated heterocycles. The molecule has 0 radical (unpaired) electrons. The predicted molar refractivity (Wildman–Crippen MR) is 118 cm³/mol. The van der Waals surface area contributed by atoms with E-state index in [1.54, 1.807) is 11.1 Å². The van der Waals surface area contributed by atoms with Crippen LogP contribution in [0.25, 0.3) is 0 Å². The molecular weight excluding hydrogens is 342 g/mol. The van der Waals surface area contributed by atoms with Gasteiger partial charge in [-0.05, 0) is 48.6 Å². The van der Waals surface area contributed by atoms with E-state index in [-0.39, 0.29) is 0 Å². The number of fused-ring (bicyclic) bond motifs is 1. The van der Waals surface area contributed by atoms with Crippen LogP contribution in [0.2, 0.25) is 0 Å². The molecule has 2 fully saturated rings. The van der Waals surface area contributed by atoms with Gasteiger partial charge in [0.1, 0.15) is 0 Å². The Hall–Kier alpha value is -0.860. The molecule has 156 valence electrons. The zero-order valence-corrected chi connectivity index (χ0v) is 18.3. The number of ether oxygens (including phenoxy) is 1. The molecule has 1 aromatic carbocycles. The van der Waals surface area contributed by atoms with Crippen molar-refractivity contribution in [3.05, 3.63) is 35.4 Å². The van der Waals surface area contributed by atoms with Crippen LogP contribution in [0.15, 0.2) is 24.3 Å². The highest BCUT2D eigenvalue weighted by Crippen LogP contribution is 2.53. The van der Waals surface area contributed by atoms with Gasteiger partial charge < -0.3 is 4.74 Å². The number of benzene rings is 1. The topological polar surface area (TPSA) is 12.5 Å². The zero-order chi connectivity index (χ0) is 19.4. The van der Waals surface area contributed by atoms with Crippen molar-refractivity contribution in [2.75, 3.05) is 19.8 Å². The molecule has 0 bridgehead atoms. The molecule has 1 saturated carbocycles. The molecule has 1 aromatic rings. The summed E-state index contributed by atoms with van der Waals surface area (Å²) >= 11 is 0. The van der Waals surface area contributed by atoms with Gasteiger partial charge in [0, 0.05) is 18.5 Å². The molecule has 2 heteroatoms. The third-order valence-electron chi connectivity index (χ3n) is 8.10. The van der Waals surface area contributed by atoms with Crippen LogP contribution >= 0.6 is 0 Å². The number of hydrogen-bond donors (Lipinski definition) is 0. The highest BCUT2D eigenvalue weighted by Gasteiger charge is 2.51. The van der Waals surface area contributed by atoms with E-state index in [4.69, 9.17) is 4.74 Å². The Kier molecular flexibility index (Phi) is 6.78. The van der Waals surface area contributed by atoms with E-state index in [1.807, 2.05) is 0 Å². The molecule has 2 aliphatic heterocycles. The average Bonchev–Trinajstić information content (AvgIpc) is 3.21. The maximum atomic E-state index is 5.62. The molecule has 3 aliphatic rings. The lowest BCUT2D eigenvalue weighted by atomic mass is 9.57. The van der Waals surface area contributed by atoms with Crippen molar-refractivity contribution >= 4 is 0 Å². The molecule has 0 spiro atoms. The molecule has 4 rings (SSSR count). The maximum absolute atomic E-state index is 5.62. The normalized spacial score (nSPS) is 27.5. The summed E-state index contributed by atoms with van der Waals surface area (Å²) in [5.41, 5.74) is 3.71. The van der Waals surface area contributed by atoms with Crippen LogP contribution in [0.4, 0.5) is 0 Å². The smallest absolute Gasteiger partial charge is 0.0645 e. The average molecular weight is 384 g/mol. The SMILES string of the molecule is CCCCCC(CCC)C1(C2CCCC2)CN(C2COC2)Cc2ccccc21. The van der Waals surface area contributed by atoms with Gasteiger partial charge in [0.05, 0.1) is 19.3 Å². The third kappa shape index (κ3) is 3.79. The molecule has 2 nitrogen and oxygen atoms in total. The summed E-state index contributed by atoms with van der Waals surface area (Å²) in [5, 5.41) is 0. The monoisotopic (exact) mass is 383 g/mol. The second kappa shape index (κ2) is 9.30. The van der Waals surface area contributed by atoms with Crippen LogP contribution in [0, 0.1) is 11.8 Å². The Bertz CT molecular complexity index is 619. The largest absolute Gasteiger partial charge is 0.378 e. The summed E-state index contributed by atoms with van der Waals surface area (Å²) in [5.74, 6) is 1.70. The summed E-state index contributed by atoms with van der Waals surface area (Å²) in [6.45, 7) is 9.04. The van der Waals surface area contributed by atoms with E-state index in [0.29, 0.717) is 11.5 Å². The van der Waals surface area contributed by atoms with Gasteiger partial charge in [0.2, 0.25) is 0 Å². The van der Waals surface area contributed by atoms with Crippen LogP contribution < -0.4 is 0 Å². The van der Waals surface area contributed by atoms with Crippen molar-refractivity contribution in [3.8, 4) is 0 Å². The molecule has 2 heterocycles. The van der Waals surface area contributed by atoms with Crippen molar-refractivity contribution in [1.29, 1.82) is 0 Å². The summed E-state index contributed by atoms with van der Waals surface area (Å²) in [6.07, 6.45) is 14.0. The van der Waals surface area contributed by atoms with Crippen LogP contribution in [0.5, 0.6) is 0 Å². The Balaban J connectivity index is 1.75. The fourth-order valence-electron chi connectivity index (χ4n) is 6.62. The number of nitrogens with zero attached hydrogens (tertiary/aromatic N) is 1. The Labute approximate surface area is 173 Å². The first kappa shape index (κ1) is 20.4. The zero-order valence-electron chi connectivity index (χ0n) is 18.3. The molecule has 2 atom stereocenters. The second-order valence-corrected chi connectivity index (χ2v) is 9.76. The Morgan fingerprint density at radius 1 is 1.04 bits per heavy atom. The Morgan fingerprint density at radius 3 is 2.50 bits per heavy atom. The van der Waals surface area contributed by atoms with E-state index in [9.17, 15) is 0 Å². The van der Waals surface area contributed by atoms with Gasteiger partial charge in [-0.1, -0.05) is 76.6 Å². The van der Waals surface area contributed by atoms with Crippen molar-refractivity contribution in [2.24, 2.45) is 11.8 Å². The van der Waals surface area contributed by atoms with Crippen molar-refractivity contribution in [3.63, 3.8) is 0 Å². The van der Waals surface area contributed by atoms with E-state index in [0.717, 1.165) is 31.6 Å². The molecule has 0 amide bonds. The fraction of sp³-hybridized carbons (Fsp3) is 0.769. The summed E-state index contributed by atoms with van der Waals surface area (Å²) in [4.78, 5) is 2.81. The van der Waals surface area contributed by atoms with E-state index >= 15 is 0 Å². The van der Waals surface area contributed by atoms with Crippen molar-refractivity contribution in [1.82, 2.24) is 4.90 Å². The highest BCUT2D eigenvalue weighted by molar-refractivity contribution is 5.39. The minimum atomic E-state index is 0.366. The molecule has 1 aliphatic carbocycles. The van der Waals surface area contributed by atoms with E-state index < -0.39 is 0 Å². The van der Waals surface area contributed by atoms with E-state index in [2.05, 4.69) is 43.0 Å². The van der Waals surface area contributed by atoms with Gasteiger partial charge in [-0.15, -0.1) is 0 Å². The lowest BCUT2D eigenvalue weighted by Gasteiger charge is -2.55. The van der Waals surface area contributed by atoms with Gasteiger partial charge in [-0.25, -0.2) is 0 Å². The summed E-state index contributed by atoms with van der Waals surface area (Å²) in [6, 6.07) is 10.2. The van der Waals surface area contributed by atoms with Crippen LogP contribution in [0.1, 0.15) is 89.2 Å². The fourth-order valence-corrected chi connectivity index (χ4v) is 6.62. The first-order valence-electron chi connectivity index (χ1n) is 12.2. The number of hydrogen-bond acceptors (Lipinski definition) is 2. The van der Waals surface area contributed by atoms with Gasteiger partial charge in [-0.3, -0.25) is 4.90 Å². The minimum absolute atomic E-state index is 0.366. The summed E-state index contributed by atoms with van der Waals surface area (Å²) in [7, 11) is 0. The summed E-state index contributed by atoms with van der Waals surface area (Å²) < 4.78 is 5.62. The van der Waals surface area contributed by atoms with Crippen LogP contribution in [-0.4, -0.2) is 30.7 Å². The predicted octanol–water partition coefficient (Wildman–Crippen LogP) is 6.33. The second-order valence-electron chi connectivity index (χ2n) is 9.76. The third-order valence-corrected chi connectivity index (χ3v) is 8.10. The van der Waals surface area contributed by atoms with Crippen LogP contribution in [-0.2, 0) is 16.7 Å². The van der Waals surface area contributed by atoms with Gasteiger partial charge in [-0.2, -0.15) is 0 Å². The van der Waals surface area contributed by atoms with Gasteiger partial charge in [0.15, 0.2) is 0 Å². The molecule has 0 N–H and O–H groups in total. The lowest BCUT2D eigenvalue weighted by Crippen LogP contribution is -2.59. The van der Waals surface area contributed by atoms with Gasteiger partial charge >= 0.3 is 0 Å². The quantitative estimate of drug-likeness (QED) is 0.462. The molecule has 2 unspecified atom stereocenters. The Morgan fingerprint density at radius 2 is 1.82 bits per heavy atom. The maximum Gasteiger partial charge on any atom is 0.0645 e. The molecular formula is C26H41NO. The first-order valence-corrected chi connectivity index (χ1v) is 12.2. The first-order chi connectivity index (χ1) is 13.8. The number of rotatable bonds is 9. The highest BCUT2D eigenvalue weighted by atomic mass is 16.5. The van der Waals surface area contributed by atoms with Crippen LogP contribution in [0.3, 0.4) is 0 Å². The lowest BCUT2D eigenvalue weighted by molar-refractivity contribution is -0.0880. The number of unbranched alkanes of at least 4 members (excludes halogenated alkanes) is 2.